The van der Waals surface area contributed by atoms with Gasteiger partial charge in [0, 0.05) is 23.1 Å². The van der Waals surface area contributed by atoms with Gasteiger partial charge in [0.25, 0.3) is 5.91 Å². The summed E-state index contributed by atoms with van der Waals surface area (Å²) in [4.78, 5) is 17.6. The van der Waals surface area contributed by atoms with Gasteiger partial charge in [-0.05, 0) is 34.1 Å². The second-order valence-electron chi connectivity index (χ2n) is 3.51. The van der Waals surface area contributed by atoms with E-state index in [1.165, 1.54) is 22.4 Å². The molecule has 0 N–H and O–H groups in total. The number of carbonyl (C=O) groups excluding carboxylic acids is 1. The minimum Gasteiger partial charge on any atom is -0.301 e. The molecule has 6 heteroatoms. The van der Waals surface area contributed by atoms with Gasteiger partial charge in [0.15, 0.2) is 0 Å². The number of aromatic nitrogens is 1. The molecule has 0 spiro atoms. The number of nitriles is 1. The molecule has 0 saturated heterocycles. The fourth-order valence-corrected chi connectivity index (χ4v) is 2.72. The van der Waals surface area contributed by atoms with Crippen LogP contribution in [0, 0.1) is 11.3 Å². The highest BCUT2D eigenvalue weighted by molar-refractivity contribution is 9.10. The number of anilines is 1. The Balaban J connectivity index is 2.23. The zero-order valence-corrected chi connectivity index (χ0v) is 11.8. The molecule has 18 heavy (non-hydrogen) atoms. The first-order chi connectivity index (χ1) is 8.61. The van der Waals surface area contributed by atoms with Gasteiger partial charge >= 0.3 is 0 Å². The molecule has 0 atom stereocenters. The minimum atomic E-state index is -0.200. The largest absolute Gasteiger partial charge is 0.301 e. The van der Waals surface area contributed by atoms with Gasteiger partial charge < -0.3 is 4.90 Å². The van der Waals surface area contributed by atoms with E-state index in [9.17, 15) is 4.79 Å². The molecular weight excluding hydrogens is 314 g/mol. The molecule has 0 aliphatic carbocycles. The molecule has 0 aliphatic heterocycles. The van der Waals surface area contributed by atoms with Crippen LogP contribution in [0.25, 0.3) is 0 Å². The molecule has 90 valence electrons. The van der Waals surface area contributed by atoms with Crippen LogP contribution in [0.2, 0.25) is 0 Å². The van der Waals surface area contributed by atoms with Crippen LogP contribution in [0.3, 0.4) is 0 Å². The highest BCUT2D eigenvalue weighted by atomic mass is 79.9. The maximum Gasteiger partial charge on any atom is 0.277 e. The summed E-state index contributed by atoms with van der Waals surface area (Å²) in [5.41, 5.74) is 0.758. The molecule has 2 heterocycles. The van der Waals surface area contributed by atoms with Crippen LogP contribution >= 0.6 is 27.3 Å². The maximum atomic E-state index is 12.1. The topological polar surface area (TPSA) is 57.0 Å². The van der Waals surface area contributed by atoms with E-state index in [1.807, 2.05) is 17.5 Å². The lowest BCUT2D eigenvalue weighted by Gasteiger charge is -2.14. The van der Waals surface area contributed by atoms with Gasteiger partial charge in [-0.15, -0.1) is 11.3 Å². The van der Waals surface area contributed by atoms with E-state index >= 15 is 0 Å². The summed E-state index contributed by atoms with van der Waals surface area (Å²) in [5.74, 6) is -0.200. The normalized spacial score (nSPS) is 9.83. The molecule has 0 saturated carbocycles. The molecule has 0 bridgehead atoms. The van der Waals surface area contributed by atoms with Crippen LogP contribution < -0.4 is 4.90 Å². The number of amides is 1. The number of hydrogen-bond acceptors (Lipinski definition) is 4. The highest BCUT2D eigenvalue weighted by Gasteiger charge is 2.16. The molecule has 2 aromatic heterocycles. The van der Waals surface area contributed by atoms with E-state index in [4.69, 9.17) is 5.26 Å². The Morgan fingerprint density at radius 1 is 1.56 bits per heavy atom. The highest BCUT2D eigenvalue weighted by Crippen LogP contribution is 2.28. The SMILES string of the molecule is CN(C(=O)c1ccc(C#N)cn1)c1cc(Br)cs1. The first kappa shape index (κ1) is 12.7. The predicted octanol–water partition coefficient (Wildman–Crippen LogP) is 3.05. The Morgan fingerprint density at radius 2 is 2.33 bits per heavy atom. The molecule has 4 nitrogen and oxygen atoms in total. The summed E-state index contributed by atoms with van der Waals surface area (Å²) < 4.78 is 0.940. The standard InChI is InChI=1S/C12H8BrN3OS/c1-16(11-4-9(13)7-18-11)12(17)10-3-2-8(5-14)6-15-10/h2-4,6-7H,1H3. The zero-order valence-electron chi connectivity index (χ0n) is 9.42. The van der Waals surface area contributed by atoms with Crippen molar-refractivity contribution in [2.45, 2.75) is 0 Å². The van der Waals surface area contributed by atoms with Crippen molar-refractivity contribution in [2.75, 3.05) is 11.9 Å². The molecule has 0 radical (unpaired) electrons. The van der Waals surface area contributed by atoms with Crippen LogP contribution in [0.1, 0.15) is 16.1 Å². The molecule has 2 aromatic rings. The molecular formula is C12H8BrN3OS. The van der Waals surface area contributed by atoms with Gasteiger partial charge in [-0.2, -0.15) is 5.26 Å². The van der Waals surface area contributed by atoms with Crippen LogP contribution in [-0.4, -0.2) is 17.9 Å². The summed E-state index contributed by atoms with van der Waals surface area (Å²) in [6.07, 6.45) is 1.39. The number of hydrogen-bond donors (Lipinski definition) is 0. The van der Waals surface area contributed by atoms with E-state index in [0.29, 0.717) is 11.3 Å². The predicted molar refractivity (Wildman–Crippen MR) is 73.7 cm³/mol. The third-order valence-corrected chi connectivity index (χ3v) is 4.07. The van der Waals surface area contributed by atoms with Crippen molar-refractivity contribution in [1.82, 2.24) is 4.98 Å². The van der Waals surface area contributed by atoms with E-state index in [0.717, 1.165) is 9.47 Å². The third-order valence-electron chi connectivity index (χ3n) is 2.30. The zero-order chi connectivity index (χ0) is 13.1. The Hall–Kier alpha value is -1.71. The second kappa shape index (κ2) is 5.29. The Morgan fingerprint density at radius 3 is 2.83 bits per heavy atom. The fraction of sp³-hybridized carbons (Fsp3) is 0.0833. The minimum absolute atomic E-state index is 0.200. The second-order valence-corrected chi connectivity index (χ2v) is 5.32. The molecule has 0 aliphatic rings. The summed E-state index contributed by atoms with van der Waals surface area (Å²) >= 11 is 4.81. The Bertz CT molecular complexity index is 615. The number of nitrogens with zero attached hydrogens (tertiary/aromatic N) is 3. The number of carbonyl (C=O) groups is 1. The third kappa shape index (κ3) is 2.58. The Labute approximate surface area is 117 Å². The first-order valence-corrected chi connectivity index (χ1v) is 6.67. The van der Waals surface area contributed by atoms with Crippen molar-refractivity contribution in [3.05, 3.63) is 45.5 Å². The number of rotatable bonds is 2. The fourth-order valence-electron chi connectivity index (χ4n) is 1.34. The van der Waals surface area contributed by atoms with Crippen molar-refractivity contribution in [1.29, 1.82) is 5.26 Å². The van der Waals surface area contributed by atoms with Crippen molar-refractivity contribution < 1.29 is 4.79 Å². The first-order valence-electron chi connectivity index (χ1n) is 5.00. The van der Waals surface area contributed by atoms with Crippen molar-refractivity contribution in [2.24, 2.45) is 0 Å². The maximum absolute atomic E-state index is 12.1. The molecule has 1 amide bonds. The smallest absolute Gasteiger partial charge is 0.277 e. The van der Waals surface area contributed by atoms with Gasteiger partial charge in [-0.1, -0.05) is 0 Å². The number of halogens is 1. The van der Waals surface area contributed by atoms with Gasteiger partial charge in [0.2, 0.25) is 0 Å². The van der Waals surface area contributed by atoms with Crippen LogP contribution in [0.4, 0.5) is 5.00 Å². The molecule has 0 unspecified atom stereocenters. The average molecular weight is 322 g/mol. The van der Waals surface area contributed by atoms with Crippen molar-refractivity contribution in [3.63, 3.8) is 0 Å². The van der Waals surface area contributed by atoms with Crippen molar-refractivity contribution in [3.8, 4) is 6.07 Å². The lowest BCUT2D eigenvalue weighted by molar-refractivity contribution is 0.0989. The lowest BCUT2D eigenvalue weighted by Crippen LogP contribution is -2.26. The van der Waals surface area contributed by atoms with Gasteiger partial charge in [0.05, 0.1) is 10.6 Å². The summed E-state index contributed by atoms with van der Waals surface area (Å²) in [5, 5.41) is 11.4. The van der Waals surface area contributed by atoms with E-state index in [-0.39, 0.29) is 5.91 Å². The van der Waals surface area contributed by atoms with Crippen LogP contribution in [0.15, 0.2) is 34.2 Å². The van der Waals surface area contributed by atoms with E-state index < -0.39 is 0 Å². The monoisotopic (exact) mass is 321 g/mol. The Kier molecular flexibility index (Phi) is 3.75. The van der Waals surface area contributed by atoms with Crippen LogP contribution in [-0.2, 0) is 0 Å². The molecule has 2 rings (SSSR count). The quantitative estimate of drug-likeness (QED) is 0.854. The van der Waals surface area contributed by atoms with Crippen LogP contribution in [0.5, 0.6) is 0 Å². The number of pyridine rings is 1. The summed E-state index contributed by atoms with van der Waals surface area (Å²) in [6, 6.07) is 6.97. The van der Waals surface area contributed by atoms with Crippen molar-refractivity contribution >= 4 is 38.2 Å². The molecule has 0 fully saturated rings. The lowest BCUT2D eigenvalue weighted by atomic mass is 10.2. The summed E-state index contributed by atoms with van der Waals surface area (Å²) in [7, 11) is 1.69. The van der Waals surface area contributed by atoms with E-state index in [2.05, 4.69) is 20.9 Å². The van der Waals surface area contributed by atoms with Gasteiger partial charge in [0.1, 0.15) is 11.8 Å². The van der Waals surface area contributed by atoms with E-state index in [1.54, 1.807) is 19.2 Å². The van der Waals surface area contributed by atoms with Gasteiger partial charge in [-0.3, -0.25) is 4.79 Å². The summed E-state index contributed by atoms with van der Waals surface area (Å²) in [6.45, 7) is 0. The van der Waals surface area contributed by atoms with Gasteiger partial charge in [-0.25, -0.2) is 4.98 Å². The molecule has 0 aromatic carbocycles. The number of thiophene rings is 1. The average Bonchev–Trinajstić information content (AvgIpc) is 2.84.